The SMILES string of the molecule is CC(C)CN(CCC(N)c1ccc(F)cc1)C1CC1. The number of hydrogen-bond donors (Lipinski definition) is 1. The van der Waals surface area contributed by atoms with E-state index in [0.29, 0.717) is 5.92 Å². The number of nitrogens with zero attached hydrogens (tertiary/aromatic N) is 1. The van der Waals surface area contributed by atoms with Crippen LogP contribution in [0.1, 0.15) is 44.7 Å². The van der Waals surface area contributed by atoms with Crippen molar-refractivity contribution in [2.24, 2.45) is 11.7 Å². The third-order valence-corrected chi connectivity index (χ3v) is 3.69. The Morgan fingerprint density at radius 3 is 2.42 bits per heavy atom. The van der Waals surface area contributed by atoms with Crippen molar-refractivity contribution in [3.63, 3.8) is 0 Å². The monoisotopic (exact) mass is 264 g/mol. The Bertz CT molecular complexity index is 384. The van der Waals surface area contributed by atoms with Crippen molar-refractivity contribution in [1.82, 2.24) is 4.90 Å². The lowest BCUT2D eigenvalue weighted by molar-refractivity contribution is 0.226. The van der Waals surface area contributed by atoms with Crippen LogP contribution in [0.4, 0.5) is 4.39 Å². The maximum Gasteiger partial charge on any atom is 0.123 e. The molecule has 0 saturated heterocycles. The third kappa shape index (κ3) is 4.59. The Balaban J connectivity index is 1.84. The Hall–Kier alpha value is -0.930. The molecule has 0 aromatic heterocycles. The molecule has 1 aromatic rings. The molecule has 1 fully saturated rings. The summed E-state index contributed by atoms with van der Waals surface area (Å²) in [5.41, 5.74) is 7.22. The average molecular weight is 264 g/mol. The van der Waals surface area contributed by atoms with Gasteiger partial charge in [-0.3, -0.25) is 0 Å². The summed E-state index contributed by atoms with van der Waals surface area (Å²) in [5, 5.41) is 0. The molecule has 19 heavy (non-hydrogen) atoms. The van der Waals surface area contributed by atoms with Gasteiger partial charge in [0.2, 0.25) is 0 Å². The molecule has 2 rings (SSSR count). The van der Waals surface area contributed by atoms with E-state index < -0.39 is 0 Å². The van der Waals surface area contributed by atoms with Crippen molar-refractivity contribution in [3.05, 3.63) is 35.6 Å². The van der Waals surface area contributed by atoms with E-state index in [-0.39, 0.29) is 11.9 Å². The van der Waals surface area contributed by atoms with E-state index in [4.69, 9.17) is 5.73 Å². The van der Waals surface area contributed by atoms with Crippen molar-refractivity contribution in [2.75, 3.05) is 13.1 Å². The second kappa shape index (κ2) is 6.49. The fraction of sp³-hybridized carbons (Fsp3) is 0.625. The summed E-state index contributed by atoms with van der Waals surface area (Å²) in [6.45, 7) is 6.72. The van der Waals surface area contributed by atoms with Gasteiger partial charge in [0.15, 0.2) is 0 Å². The molecule has 1 aromatic carbocycles. The quantitative estimate of drug-likeness (QED) is 0.818. The first-order chi connectivity index (χ1) is 9.06. The first kappa shape index (κ1) is 14.5. The Morgan fingerprint density at radius 1 is 1.26 bits per heavy atom. The summed E-state index contributed by atoms with van der Waals surface area (Å²) < 4.78 is 12.9. The first-order valence-corrected chi connectivity index (χ1v) is 7.31. The molecule has 1 aliphatic carbocycles. The van der Waals surface area contributed by atoms with Gasteiger partial charge in [-0.05, 0) is 42.9 Å². The van der Waals surface area contributed by atoms with Gasteiger partial charge in [-0.15, -0.1) is 0 Å². The second-order valence-corrected chi connectivity index (χ2v) is 6.07. The van der Waals surface area contributed by atoms with Gasteiger partial charge in [-0.2, -0.15) is 0 Å². The predicted octanol–water partition coefficient (Wildman–Crippen LogP) is 3.34. The minimum atomic E-state index is -0.199. The molecule has 1 saturated carbocycles. The summed E-state index contributed by atoms with van der Waals surface area (Å²) in [6.07, 6.45) is 3.60. The molecule has 0 amide bonds. The summed E-state index contributed by atoms with van der Waals surface area (Å²) in [5.74, 6) is 0.498. The van der Waals surface area contributed by atoms with Gasteiger partial charge in [-0.25, -0.2) is 4.39 Å². The molecule has 1 atom stereocenters. The zero-order valence-corrected chi connectivity index (χ0v) is 12.0. The van der Waals surface area contributed by atoms with E-state index >= 15 is 0 Å². The van der Waals surface area contributed by atoms with Crippen LogP contribution in [0.25, 0.3) is 0 Å². The zero-order valence-electron chi connectivity index (χ0n) is 12.0. The normalized spacial score (nSPS) is 17.2. The molecule has 0 aliphatic heterocycles. The van der Waals surface area contributed by atoms with Crippen LogP contribution in [0.15, 0.2) is 24.3 Å². The summed E-state index contributed by atoms with van der Waals surface area (Å²) >= 11 is 0. The number of rotatable bonds is 7. The van der Waals surface area contributed by atoms with Crippen LogP contribution in [0.2, 0.25) is 0 Å². The van der Waals surface area contributed by atoms with Crippen LogP contribution in [-0.2, 0) is 0 Å². The maximum atomic E-state index is 12.9. The van der Waals surface area contributed by atoms with Gasteiger partial charge in [0, 0.05) is 25.2 Å². The fourth-order valence-electron chi connectivity index (χ4n) is 2.51. The van der Waals surface area contributed by atoms with E-state index in [0.717, 1.165) is 31.1 Å². The fourth-order valence-corrected chi connectivity index (χ4v) is 2.51. The Labute approximate surface area is 115 Å². The van der Waals surface area contributed by atoms with Crippen LogP contribution in [0.5, 0.6) is 0 Å². The smallest absolute Gasteiger partial charge is 0.123 e. The van der Waals surface area contributed by atoms with Crippen molar-refractivity contribution >= 4 is 0 Å². The molecule has 2 N–H and O–H groups in total. The highest BCUT2D eigenvalue weighted by molar-refractivity contribution is 5.19. The van der Waals surface area contributed by atoms with Gasteiger partial charge >= 0.3 is 0 Å². The van der Waals surface area contributed by atoms with Crippen LogP contribution in [-0.4, -0.2) is 24.0 Å². The topological polar surface area (TPSA) is 29.3 Å². The van der Waals surface area contributed by atoms with E-state index in [9.17, 15) is 4.39 Å². The number of nitrogens with two attached hydrogens (primary N) is 1. The van der Waals surface area contributed by atoms with Crippen molar-refractivity contribution in [1.29, 1.82) is 0 Å². The lowest BCUT2D eigenvalue weighted by atomic mass is 10.0. The van der Waals surface area contributed by atoms with Crippen LogP contribution < -0.4 is 5.73 Å². The van der Waals surface area contributed by atoms with Gasteiger partial charge in [0.25, 0.3) is 0 Å². The largest absolute Gasteiger partial charge is 0.324 e. The Morgan fingerprint density at radius 2 is 1.89 bits per heavy atom. The van der Waals surface area contributed by atoms with E-state index in [2.05, 4.69) is 18.7 Å². The summed E-state index contributed by atoms with van der Waals surface area (Å²) in [7, 11) is 0. The molecule has 106 valence electrons. The molecule has 0 spiro atoms. The van der Waals surface area contributed by atoms with Gasteiger partial charge < -0.3 is 10.6 Å². The highest BCUT2D eigenvalue weighted by Gasteiger charge is 2.29. The maximum absolute atomic E-state index is 12.9. The van der Waals surface area contributed by atoms with Crippen molar-refractivity contribution in [3.8, 4) is 0 Å². The van der Waals surface area contributed by atoms with Gasteiger partial charge in [0.1, 0.15) is 5.82 Å². The minimum absolute atomic E-state index is 0.00834. The molecule has 3 heteroatoms. The van der Waals surface area contributed by atoms with Crippen LogP contribution in [0, 0.1) is 11.7 Å². The molecule has 0 radical (unpaired) electrons. The molecular weight excluding hydrogens is 239 g/mol. The lowest BCUT2D eigenvalue weighted by Crippen LogP contribution is -2.32. The summed E-state index contributed by atoms with van der Waals surface area (Å²) in [6, 6.07) is 7.36. The lowest BCUT2D eigenvalue weighted by Gasteiger charge is -2.25. The van der Waals surface area contributed by atoms with Crippen molar-refractivity contribution in [2.45, 2.75) is 45.2 Å². The molecule has 0 heterocycles. The van der Waals surface area contributed by atoms with Crippen LogP contribution in [0.3, 0.4) is 0 Å². The average Bonchev–Trinajstić information content (AvgIpc) is 3.18. The first-order valence-electron chi connectivity index (χ1n) is 7.31. The third-order valence-electron chi connectivity index (χ3n) is 3.69. The molecule has 2 nitrogen and oxygen atoms in total. The second-order valence-electron chi connectivity index (χ2n) is 6.07. The Kier molecular flexibility index (Phi) is 4.94. The number of halogens is 1. The van der Waals surface area contributed by atoms with Gasteiger partial charge in [0.05, 0.1) is 0 Å². The minimum Gasteiger partial charge on any atom is -0.324 e. The zero-order chi connectivity index (χ0) is 13.8. The van der Waals surface area contributed by atoms with Crippen molar-refractivity contribution < 1.29 is 4.39 Å². The highest BCUT2D eigenvalue weighted by atomic mass is 19.1. The van der Waals surface area contributed by atoms with E-state index in [1.807, 2.05) is 0 Å². The van der Waals surface area contributed by atoms with E-state index in [1.165, 1.54) is 25.0 Å². The highest BCUT2D eigenvalue weighted by Crippen LogP contribution is 2.28. The summed E-state index contributed by atoms with van der Waals surface area (Å²) in [4.78, 5) is 2.56. The number of benzene rings is 1. The van der Waals surface area contributed by atoms with E-state index in [1.54, 1.807) is 12.1 Å². The van der Waals surface area contributed by atoms with Gasteiger partial charge in [-0.1, -0.05) is 26.0 Å². The molecule has 0 bridgehead atoms. The molecular formula is C16H25FN2. The molecule has 1 aliphatic rings. The van der Waals surface area contributed by atoms with Crippen LogP contribution >= 0.6 is 0 Å². The molecule has 1 unspecified atom stereocenters. The predicted molar refractivity (Wildman–Crippen MR) is 77.4 cm³/mol. The number of hydrogen-bond acceptors (Lipinski definition) is 2. The standard InChI is InChI=1S/C16H25FN2/c1-12(2)11-19(15-7-8-15)10-9-16(18)13-3-5-14(17)6-4-13/h3-6,12,15-16H,7-11,18H2,1-2H3.